The van der Waals surface area contributed by atoms with Crippen LogP contribution >= 0.6 is 0 Å². The fourth-order valence-electron chi connectivity index (χ4n) is 6.47. The Kier molecular flexibility index (Phi) is 5.80. The highest BCUT2D eigenvalue weighted by molar-refractivity contribution is 5.93. The molecule has 0 N–H and O–H groups in total. The average Bonchev–Trinajstić information content (AvgIpc) is 3.31. The Hall–Kier alpha value is -5.41. The minimum absolute atomic E-state index is 0.0280. The monoisotopic (exact) mass is 551 g/mol. The van der Waals surface area contributed by atoms with Gasteiger partial charge in [0.25, 0.3) is 0 Å². The number of nitrogens with zero attached hydrogens (tertiary/aromatic N) is 3. The molecule has 3 nitrogen and oxygen atoms in total. The SMILES string of the molecule is CC1(C)c2ccccc2-c2c(-c3ccc(-c4nc(-c5ccccc5)nc(-c5ccc6ccccc6c5)n4)cc3)cccc21. The van der Waals surface area contributed by atoms with Crippen molar-refractivity contribution in [2.75, 3.05) is 0 Å². The molecule has 1 aliphatic carbocycles. The van der Waals surface area contributed by atoms with Gasteiger partial charge in [-0.1, -0.05) is 147 Å². The smallest absolute Gasteiger partial charge is 0.164 e. The Morgan fingerprint density at radius 1 is 0.395 bits per heavy atom. The first-order valence-electron chi connectivity index (χ1n) is 14.7. The molecule has 6 aromatic carbocycles. The maximum Gasteiger partial charge on any atom is 0.164 e. The summed E-state index contributed by atoms with van der Waals surface area (Å²) < 4.78 is 0. The van der Waals surface area contributed by atoms with Crippen LogP contribution in [0.2, 0.25) is 0 Å². The number of benzene rings is 6. The van der Waals surface area contributed by atoms with Crippen molar-refractivity contribution in [2.45, 2.75) is 19.3 Å². The zero-order chi connectivity index (χ0) is 29.0. The zero-order valence-electron chi connectivity index (χ0n) is 24.1. The molecule has 1 aromatic heterocycles. The lowest BCUT2D eigenvalue weighted by Gasteiger charge is -2.21. The highest BCUT2D eigenvalue weighted by atomic mass is 15.0. The van der Waals surface area contributed by atoms with Crippen molar-refractivity contribution in [1.29, 1.82) is 0 Å². The third kappa shape index (κ3) is 4.24. The van der Waals surface area contributed by atoms with Crippen molar-refractivity contribution in [1.82, 2.24) is 15.0 Å². The van der Waals surface area contributed by atoms with Crippen LogP contribution in [0.4, 0.5) is 0 Å². The molecule has 0 amide bonds. The van der Waals surface area contributed by atoms with Gasteiger partial charge in [-0.25, -0.2) is 15.0 Å². The van der Waals surface area contributed by atoms with Gasteiger partial charge in [-0.15, -0.1) is 0 Å². The van der Waals surface area contributed by atoms with Gasteiger partial charge in [0.1, 0.15) is 0 Å². The lowest BCUT2D eigenvalue weighted by Crippen LogP contribution is -2.14. The molecule has 1 aliphatic rings. The van der Waals surface area contributed by atoms with Crippen LogP contribution in [0.1, 0.15) is 25.0 Å². The summed E-state index contributed by atoms with van der Waals surface area (Å²) in [5.74, 6) is 1.99. The van der Waals surface area contributed by atoms with Gasteiger partial charge in [-0.05, 0) is 50.2 Å². The van der Waals surface area contributed by atoms with Gasteiger partial charge in [0.2, 0.25) is 0 Å². The fraction of sp³-hybridized carbons (Fsp3) is 0.0750. The Labute approximate surface area is 251 Å². The fourth-order valence-corrected chi connectivity index (χ4v) is 6.47. The van der Waals surface area contributed by atoms with Crippen LogP contribution in [-0.2, 0) is 5.41 Å². The molecule has 3 heteroatoms. The predicted octanol–water partition coefficient (Wildman–Crippen LogP) is 10.00. The molecule has 43 heavy (non-hydrogen) atoms. The predicted molar refractivity (Wildman–Crippen MR) is 177 cm³/mol. The summed E-state index contributed by atoms with van der Waals surface area (Å²) in [4.78, 5) is 14.9. The summed E-state index contributed by atoms with van der Waals surface area (Å²) >= 11 is 0. The van der Waals surface area contributed by atoms with Gasteiger partial charge in [0.15, 0.2) is 17.5 Å². The summed E-state index contributed by atoms with van der Waals surface area (Å²) in [5.41, 5.74) is 10.7. The number of fused-ring (bicyclic) bond motifs is 4. The molecule has 0 aliphatic heterocycles. The summed E-state index contributed by atoms with van der Waals surface area (Å²) in [7, 11) is 0. The van der Waals surface area contributed by atoms with Crippen LogP contribution in [0.25, 0.3) is 67.2 Å². The summed E-state index contributed by atoms with van der Waals surface area (Å²) in [6.45, 7) is 4.64. The molecular weight excluding hydrogens is 522 g/mol. The Morgan fingerprint density at radius 3 is 1.70 bits per heavy atom. The van der Waals surface area contributed by atoms with Crippen LogP contribution in [0, 0.1) is 0 Å². The molecule has 0 fully saturated rings. The normalized spacial score (nSPS) is 13.1. The molecule has 0 bridgehead atoms. The molecule has 8 rings (SSSR count). The second-order valence-electron chi connectivity index (χ2n) is 11.7. The standard InChI is InChI=1S/C40H29N3/c1-40(2)34-17-9-8-15-33(34)36-32(16-10-18-35(36)40)27-20-22-29(23-21-27)38-41-37(28-12-4-3-5-13-28)42-39(43-38)31-24-19-26-11-6-7-14-30(26)25-31/h3-25H,1-2H3. The van der Waals surface area contributed by atoms with Gasteiger partial charge >= 0.3 is 0 Å². The third-order valence-corrected chi connectivity index (χ3v) is 8.74. The van der Waals surface area contributed by atoms with Gasteiger partial charge in [0, 0.05) is 22.1 Å². The second kappa shape index (κ2) is 9.85. The van der Waals surface area contributed by atoms with E-state index in [0.29, 0.717) is 17.5 Å². The lowest BCUT2D eigenvalue weighted by atomic mass is 9.82. The molecule has 0 saturated carbocycles. The van der Waals surface area contributed by atoms with E-state index in [1.165, 1.54) is 38.8 Å². The highest BCUT2D eigenvalue weighted by Gasteiger charge is 2.36. The van der Waals surface area contributed by atoms with Gasteiger partial charge < -0.3 is 0 Å². The van der Waals surface area contributed by atoms with Crippen molar-refractivity contribution in [3.05, 3.63) is 151 Å². The third-order valence-electron chi connectivity index (χ3n) is 8.74. The van der Waals surface area contributed by atoms with Crippen LogP contribution in [0.5, 0.6) is 0 Å². The summed E-state index contributed by atoms with van der Waals surface area (Å²) in [6.07, 6.45) is 0. The molecular formula is C40H29N3. The first kappa shape index (κ1) is 25.3. The first-order valence-corrected chi connectivity index (χ1v) is 14.7. The molecule has 0 atom stereocenters. The Bertz CT molecular complexity index is 2140. The Morgan fingerprint density at radius 2 is 0.930 bits per heavy atom. The lowest BCUT2D eigenvalue weighted by molar-refractivity contribution is 0.660. The van der Waals surface area contributed by atoms with E-state index in [1.54, 1.807) is 0 Å². The van der Waals surface area contributed by atoms with Crippen molar-refractivity contribution in [3.8, 4) is 56.4 Å². The number of rotatable bonds is 4. The van der Waals surface area contributed by atoms with E-state index in [9.17, 15) is 0 Å². The minimum Gasteiger partial charge on any atom is -0.208 e. The van der Waals surface area contributed by atoms with Crippen molar-refractivity contribution >= 4 is 10.8 Å². The largest absolute Gasteiger partial charge is 0.208 e. The topological polar surface area (TPSA) is 38.7 Å². The van der Waals surface area contributed by atoms with Crippen LogP contribution in [-0.4, -0.2) is 15.0 Å². The van der Waals surface area contributed by atoms with E-state index in [4.69, 9.17) is 15.0 Å². The molecule has 0 spiro atoms. The van der Waals surface area contributed by atoms with Gasteiger partial charge in [-0.2, -0.15) is 0 Å². The molecule has 0 unspecified atom stereocenters. The number of aromatic nitrogens is 3. The van der Waals surface area contributed by atoms with Crippen molar-refractivity contribution in [3.63, 3.8) is 0 Å². The minimum atomic E-state index is -0.0280. The second-order valence-corrected chi connectivity index (χ2v) is 11.7. The van der Waals surface area contributed by atoms with Crippen molar-refractivity contribution < 1.29 is 0 Å². The van der Waals surface area contributed by atoms with E-state index < -0.39 is 0 Å². The molecule has 204 valence electrons. The van der Waals surface area contributed by atoms with E-state index >= 15 is 0 Å². The van der Waals surface area contributed by atoms with E-state index in [2.05, 4.69) is 123 Å². The van der Waals surface area contributed by atoms with E-state index in [1.807, 2.05) is 30.3 Å². The van der Waals surface area contributed by atoms with Gasteiger partial charge in [-0.3, -0.25) is 0 Å². The van der Waals surface area contributed by atoms with E-state index in [-0.39, 0.29) is 5.41 Å². The average molecular weight is 552 g/mol. The number of hydrogen-bond donors (Lipinski definition) is 0. The molecule has 1 heterocycles. The maximum atomic E-state index is 4.99. The van der Waals surface area contributed by atoms with Gasteiger partial charge in [0.05, 0.1) is 0 Å². The molecule has 0 saturated heterocycles. The first-order chi connectivity index (χ1) is 21.1. The molecule has 7 aromatic rings. The molecule has 0 radical (unpaired) electrons. The zero-order valence-corrected chi connectivity index (χ0v) is 24.1. The number of hydrogen-bond acceptors (Lipinski definition) is 3. The highest BCUT2D eigenvalue weighted by Crippen LogP contribution is 2.51. The summed E-state index contributed by atoms with van der Waals surface area (Å²) in [5, 5.41) is 2.35. The van der Waals surface area contributed by atoms with Crippen LogP contribution in [0.3, 0.4) is 0 Å². The maximum absolute atomic E-state index is 4.99. The van der Waals surface area contributed by atoms with Crippen LogP contribution < -0.4 is 0 Å². The van der Waals surface area contributed by atoms with Crippen LogP contribution in [0.15, 0.2) is 140 Å². The quantitative estimate of drug-likeness (QED) is 0.218. The Balaban J connectivity index is 1.24. The van der Waals surface area contributed by atoms with Crippen molar-refractivity contribution in [2.24, 2.45) is 0 Å². The summed E-state index contributed by atoms with van der Waals surface area (Å²) in [6, 6.07) is 49.0. The van der Waals surface area contributed by atoms with E-state index in [0.717, 1.165) is 22.1 Å².